The number of unbranched alkanes of at least 4 members (excludes halogenated alkanes) is 17. The molecule has 67 heavy (non-hydrogen) atoms. The maximum atomic E-state index is 13.0. The highest BCUT2D eigenvalue weighted by Gasteiger charge is 2.47. The molecule has 15 nitrogen and oxygen atoms in total. The SMILES string of the molecule is CCCCCCC/C=C/CCCCCCCC(=O)OC[C@H](CO[C@H]1O[C@@H](CO[C@H]2O[C@@H](CO)[C@@H](O)C(O)C2O)[C@@H](O)C(O)C1O)OC(=O)CCC/C=C/C/C=C/C/C=C/CCCCCCCC. The van der Waals surface area contributed by atoms with Crippen molar-refractivity contribution in [3.05, 3.63) is 48.6 Å². The molecule has 11 atom stereocenters. The second-order valence-electron chi connectivity index (χ2n) is 18.0. The van der Waals surface area contributed by atoms with Crippen LogP contribution in [-0.2, 0) is 38.0 Å². The molecule has 15 heteroatoms. The summed E-state index contributed by atoms with van der Waals surface area (Å²) in [4.78, 5) is 25.7. The maximum Gasteiger partial charge on any atom is 0.306 e. The third-order valence-corrected chi connectivity index (χ3v) is 12.0. The molecule has 7 N–H and O–H groups in total. The lowest BCUT2D eigenvalue weighted by molar-refractivity contribution is -0.332. The van der Waals surface area contributed by atoms with Crippen molar-refractivity contribution in [2.45, 2.75) is 242 Å². The molecule has 0 bridgehead atoms. The van der Waals surface area contributed by atoms with E-state index in [1.54, 1.807) is 0 Å². The molecule has 2 aliphatic heterocycles. The number of hydrogen-bond acceptors (Lipinski definition) is 15. The molecule has 2 saturated heterocycles. The van der Waals surface area contributed by atoms with Crippen LogP contribution in [0.15, 0.2) is 48.6 Å². The largest absolute Gasteiger partial charge is 0.462 e. The zero-order chi connectivity index (χ0) is 48.9. The van der Waals surface area contributed by atoms with E-state index in [0.717, 1.165) is 57.8 Å². The Labute approximate surface area is 401 Å². The monoisotopic (exact) mass is 955 g/mol. The van der Waals surface area contributed by atoms with Gasteiger partial charge in [-0.2, -0.15) is 0 Å². The van der Waals surface area contributed by atoms with E-state index in [2.05, 4.69) is 56.4 Å². The number of ether oxygens (including phenoxy) is 6. The Morgan fingerprint density at radius 3 is 1.46 bits per heavy atom. The molecule has 0 aliphatic carbocycles. The Kier molecular flexibility index (Phi) is 35.5. The molecule has 0 amide bonds. The van der Waals surface area contributed by atoms with Gasteiger partial charge in [0.15, 0.2) is 18.7 Å². The first-order chi connectivity index (χ1) is 32.5. The van der Waals surface area contributed by atoms with E-state index in [1.807, 2.05) is 6.08 Å². The van der Waals surface area contributed by atoms with Crippen LogP contribution in [-0.4, -0.2) is 142 Å². The van der Waals surface area contributed by atoms with Gasteiger partial charge in [-0.3, -0.25) is 9.59 Å². The Hall–Kier alpha value is -2.54. The fourth-order valence-electron chi connectivity index (χ4n) is 7.76. The number of allylic oxidation sites excluding steroid dienone is 8. The van der Waals surface area contributed by atoms with Gasteiger partial charge in [-0.15, -0.1) is 0 Å². The van der Waals surface area contributed by atoms with E-state index < -0.39 is 99.3 Å². The first-order valence-corrected chi connectivity index (χ1v) is 25.7. The van der Waals surface area contributed by atoms with Crippen molar-refractivity contribution < 1.29 is 73.8 Å². The van der Waals surface area contributed by atoms with E-state index in [4.69, 9.17) is 28.4 Å². The van der Waals surface area contributed by atoms with Gasteiger partial charge in [-0.05, 0) is 70.6 Å². The second kappa shape index (κ2) is 39.2. The number of carbonyl (C=O) groups excluding carboxylic acids is 2. The summed E-state index contributed by atoms with van der Waals surface area (Å²) in [6, 6.07) is 0. The summed E-state index contributed by atoms with van der Waals surface area (Å²) in [5.41, 5.74) is 0. The summed E-state index contributed by atoms with van der Waals surface area (Å²) in [6.45, 7) is 2.50. The highest BCUT2D eigenvalue weighted by molar-refractivity contribution is 5.70. The lowest BCUT2D eigenvalue weighted by atomic mass is 9.98. The van der Waals surface area contributed by atoms with Gasteiger partial charge in [0, 0.05) is 12.8 Å². The maximum absolute atomic E-state index is 13.0. The summed E-state index contributed by atoms with van der Waals surface area (Å²) in [7, 11) is 0. The molecular weight excluding hydrogens is 865 g/mol. The number of carbonyl (C=O) groups is 2. The number of rotatable bonds is 39. The number of aliphatic hydroxyl groups excluding tert-OH is 7. The van der Waals surface area contributed by atoms with Crippen LogP contribution in [0.25, 0.3) is 0 Å². The number of esters is 2. The zero-order valence-corrected chi connectivity index (χ0v) is 40.9. The first kappa shape index (κ1) is 60.6. The molecule has 388 valence electrons. The van der Waals surface area contributed by atoms with Crippen LogP contribution in [0.5, 0.6) is 0 Å². The minimum atomic E-state index is -1.78. The van der Waals surface area contributed by atoms with Crippen molar-refractivity contribution >= 4 is 11.9 Å². The molecule has 0 aromatic carbocycles. The normalized spacial score (nSPS) is 26.3. The van der Waals surface area contributed by atoms with Crippen LogP contribution >= 0.6 is 0 Å². The predicted molar refractivity (Wildman–Crippen MR) is 257 cm³/mol. The van der Waals surface area contributed by atoms with Gasteiger partial charge in [-0.1, -0.05) is 140 Å². The van der Waals surface area contributed by atoms with E-state index in [9.17, 15) is 45.3 Å². The van der Waals surface area contributed by atoms with Crippen LogP contribution in [0.2, 0.25) is 0 Å². The lowest BCUT2D eigenvalue weighted by Crippen LogP contribution is -2.61. The molecule has 0 aromatic rings. The Morgan fingerprint density at radius 2 is 0.910 bits per heavy atom. The average Bonchev–Trinajstić information content (AvgIpc) is 3.32. The number of hydrogen-bond donors (Lipinski definition) is 7. The molecular formula is C52H90O15. The highest BCUT2D eigenvalue weighted by atomic mass is 16.7. The first-order valence-electron chi connectivity index (χ1n) is 25.7. The highest BCUT2D eigenvalue weighted by Crippen LogP contribution is 2.26. The molecule has 2 rings (SSSR count). The van der Waals surface area contributed by atoms with Gasteiger partial charge < -0.3 is 64.2 Å². The summed E-state index contributed by atoms with van der Waals surface area (Å²) in [5, 5.41) is 72.0. The Morgan fingerprint density at radius 1 is 0.478 bits per heavy atom. The fraction of sp³-hybridized carbons (Fsp3) is 0.808. The van der Waals surface area contributed by atoms with Crippen molar-refractivity contribution in [2.75, 3.05) is 26.4 Å². The molecule has 2 heterocycles. The number of aliphatic hydroxyl groups is 7. The summed E-state index contributed by atoms with van der Waals surface area (Å²) >= 11 is 0. The van der Waals surface area contributed by atoms with Gasteiger partial charge in [0.2, 0.25) is 0 Å². The van der Waals surface area contributed by atoms with Gasteiger partial charge in [0.25, 0.3) is 0 Å². The molecule has 0 aromatic heterocycles. The Bertz CT molecular complexity index is 1350. The molecule has 0 spiro atoms. The summed E-state index contributed by atoms with van der Waals surface area (Å²) < 4.78 is 33.5. The smallest absolute Gasteiger partial charge is 0.306 e. The van der Waals surface area contributed by atoms with Crippen molar-refractivity contribution in [1.29, 1.82) is 0 Å². The topological polar surface area (TPSA) is 231 Å². The van der Waals surface area contributed by atoms with Crippen molar-refractivity contribution in [1.82, 2.24) is 0 Å². The Balaban J connectivity index is 1.85. The van der Waals surface area contributed by atoms with Crippen molar-refractivity contribution in [3.63, 3.8) is 0 Å². The van der Waals surface area contributed by atoms with E-state index in [1.165, 1.54) is 70.6 Å². The van der Waals surface area contributed by atoms with Crippen LogP contribution in [0.3, 0.4) is 0 Å². The standard InChI is InChI=1S/C52H90O15/c1-3-5-7-9-11-13-15-17-19-20-21-23-25-27-29-31-33-35-44(55)65-40(37-62-43(54)34-32-30-28-26-24-22-18-16-14-12-10-8-6-4-2)38-63-51-50(61)48(59)46(57)42(67-51)39-64-52-49(60)47(58)45(56)41(36-53)66-52/h16-19,21,23,27,29,40-42,45-53,56-61H,3-15,20,22,24-26,28,30-39H2,1-2H3/b18-16+,19-17+,23-21+,29-27+/t40-,41+,42+,45-,46-,47?,48?,49?,50?,51+,52+/m1/s1. The molecule has 0 saturated carbocycles. The van der Waals surface area contributed by atoms with Crippen LogP contribution < -0.4 is 0 Å². The van der Waals surface area contributed by atoms with Crippen molar-refractivity contribution in [2.24, 2.45) is 0 Å². The molecule has 2 aliphatic rings. The molecule has 2 fully saturated rings. The second-order valence-corrected chi connectivity index (χ2v) is 18.0. The average molecular weight is 955 g/mol. The van der Waals surface area contributed by atoms with Crippen LogP contribution in [0.1, 0.15) is 174 Å². The molecule has 4 unspecified atom stereocenters. The summed E-state index contributed by atoms with van der Waals surface area (Å²) in [5.74, 6) is -0.997. The lowest BCUT2D eigenvalue weighted by Gasteiger charge is -2.42. The minimum absolute atomic E-state index is 0.0910. The minimum Gasteiger partial charge on any atom is -0.462 e. The fourth-order valence-corrected chi connectivity index (χ4v) is 7.76. The predicted octanol–water partition coefficient (Wildman–Crippen LogP) is 7.10. The third kappa shape index (κ3) is 27.4. The summed E-state index contributed by atoms with van der Waals surface area (Å²) in [6.07, 6.45) is 25.8. The van der Waals surface area contributed by atoms with Crippen LogP contribution in [0, 0.1) is 0 Å². The van der Waals surface area contributed by atoms with Gasteiger partial charge in [0.1, 0.15) is 55.4 Å². The zero-order valence-electron chi connectivity index (χ0n) is 40.9. The van der Waals surface area contributed by atoms with Crippen LogP contribution in [0.4, 0.5) is 0 Å². The van der Waals surface area contributed by atoms with Gasteiger partial charge in [-0.25, -0.2) is 0 Å². The third-order valence-electron chi connectivity index (χ3n) is 12.0. The van der Waals surface area contributed by atoms with E-state index in [0.29, 0.717) is 19.3 Å². The van der Waals surface area contributed by atoms with Gasteiger partial charge in [0.05, 0.1) is 19.8 Å². The van der Waals surface area contributed by atoms with Gasteiger partial charge >= 0.3 is 11.9 Å². The van der Waals surface area contributed by atoms with E-state index >= 15 is 0 Å². The quantitative estimate of drug-likeness (QED) is 0.0185. The molecule has 0 radical (unpaired) electrons. The van der Waals surface area contributed by atoms with E-state index in [-0.39, 0.29) is 19.4 Å². The van der Waals surface area contributed by atoms with Crippen molar-refractivity contribution in [3.8, 4) is 0 Å².